The molecule has 7 heteroatoms. The highest BCUT2D eigenvalue weighted by Gasteiger charge is 2.30. The molecule has 0 aliphatic heterocycles. The van der Waals surface area contributed by atoms with Crippen LogP contribution in [0.1, 0.15) is 11.1 Å². The van der Waals surface area contributed by atoms with E-state index in [9.17, 15) is 13.2 Å². The maximum absolute atomic E-state index is 12.6. The number of nitrogens with zero attached hydrogens (tertiary/aromatic N) is 1. The van der Waals surface area contributed by atoms with Gasteiger partial charge in [0.05, 0.1) is 10.6 Å². The van der Waals surface area contributed by atoms with Crippen molar-refractivity contribution in [3.8, 4) is 11.6 Å². The smallest absolute Gasteiger partial charge is 0.416 e. The van der Waals surface area contributed by atoms with Crippen molar-refractivity contribution in [2.24, 2.45) is 0 Å². The molecule has 0 radical (unpaired) electrons. The van der Waals surface area contributed by atoms with Crippen molar-refractivity contribution in [3.63, 3.8) is 0 Å². The van der Waals surface area contributed by atoms with Gasteiger partial charge in [-0.05, 0) is 30.8 Å². The molecule has 3 nitrogen and oxygen atoms in total. The van der Waals surface area contributed by atoms with E-state index < -0.39 is 11.7 Å². The van der Waals surface area contributed by atoms with Crippen molar-refractivity contribution in [1.82, 2.24) is 10.3 Å². The molecule has 0 aliphatic rings. The minimum absolute atomic E-state index is 0.0649. The SMILES string of the molecule is CNCc1cc(Oc2cccc(C(F)(F)F)c2)ncc1Cl. The fraction of sp³-hybridized carbons (Fsp3) is 0.214. The zero-order valence-electron chi connectivity index (χ0n) is 11.0. The van der Waals surface area contributed by atoms with E-state index in [0.717, 1.165) is 17.7 Å². The van der Waals surface area contributed by atoms with Crippen LogP contribution in [-0.2, 0) is 12.7 Å². The first-order chi connectivity index (χ1) is 9.90. The van der Waals surface area contributed by atoms with Gasteiger partial charge in [-0.15, -0.1) is 0 Å². The number of ether oxygens (including phenoxy) is 1. The summed E-state index contributed by atoms with van der Waals surface area (Å²) in [6.07, 6.45) is -3.01. The number of nitrogens with one attached hydrogen (secondary N) is 1. The van der Waals surface area contributed by atoms with E-state index in [1.807, 2.05) is 0 Å². The van der Waals surface area contributed by atoms with Crippen LogP contribution < -0.4 is 10.1 Å². The molecule has 0 saturated carbocycles. The highest BCUT2D eigenvalue weighted by Crippen LogP contribution is 2.32. The van der Waals surface area contributed by atoms with Crippen LogP contribution >= 0.6 is 11.6 Å². The van der Waals surface area contributed by atoms with Gasteiger partial charge in [0.15, 0.2) is 0 Å². The molecule has 1 aromatic carbocycles. The van der Waals surface area contributed by atoms with E-state index in [0.29, 0.717) is 11.6 Å². The molecular weight excluding hydrogens is 305 g/mol. The van der Waals surface area contributed by atoms with Crippen LogP contribution in [-0.4, -0.2) is 12.0 Å². The lowest BCUT2D eigenvalue weighted by molar-refractivity contribution is -0.137. The fourth-order valence-corrected chi connectivity index (χ4v) is 1.87. The van der Waals surface area contributed by atoms with E-state index in [4.69, 9.17) is 16.3 Å². The normalized spacial score (nSPS) is 11.5. The first kappa shape index (κ1) is 15.6. The third-order valence-corrected chi connectivity index (χ3v) is 3.00. The van der Waals surface area contributed by atoms with Gasteiger partial charge in [-0.1, -0.05) is 17.7 Å². The summed E-state index contributed by atoms with van der Waals surface area (Å²) in [7, 11) is 1.75. The van der Waals surface area contributed by atoms with E-state index in [1.165, 1.54) is 18.3 Å². The van der Waals surface area contributed by atoms with Crippen LogP contribution in [0.4, 0.5) is 13.2 Å². The van der Waals surface area contributed by atoms with E-state index in [1.54, 1.807) is 13.1 Å². The Hall–Kier alpha value is -1.79. The molecule has 0 amide bonds. The largest absolute Gasteiger partial charge is 0.439 e. The number of benzene rings is 1. The van der Waals surface area contributed by atoms with Gasteiger partial charge in [0, 0.05) is 18.8 Å². The molecule has 0 saturated heterocycles. The van der Waals surface area contributed by atoms with Crippen molar-refractivity contribution in [3.05, 3.63) is 52.7 Å². The number of aromatic nitrogens is 1. The molecule has 0 spiro atoms. The number of alkyl halides is 3. The zero-order valence-corrected chi connectivity index (χ0v) is 11.8. The topological polar surface area (TPSA) is 34.1 Å². The molecule has 1 N–H and O–H groups in total. The Kier molecular flexibility index (Phi) is 4.69. The number of rotatable bonds is 4. The molecule has 21 heavy (non-hydrogen) atoms. The Morgan fingerprint density at radius 3 is 2.71 bits per heavy atom. The first-order valence-electron chi connectivity index (χ1n) is 6.04. The third kappa shape index (κ3) is 4.09. The van der Waals surface area contributed by atoms with Gasteiger partial charge in [0.25, 0.3) is 0 Å². The predicted octanol–water partition coefficient (Wildman–Crippen LogP) is 4.27. The Labute approximate surface area is 124 Å². The van der Waals surface area contributed by atoms with Gasteiger partial charge in [-0.3, -0.25) is 0 Å². The first-order valence-corrected chi connectivity index (χ1v) is 6.42. The van der Waals surface area contributed by atoms with Gasteiger partial charge in [0.1, 0.15) is 5.75 Å². The Morgan fingerprint density at radius 1 is 1.29 bits per heavy atom. The van der Waals surface area contributed by atoms with Crippen LogP contribution in [0, 0.1) is 0 Å². The highest BCUT2D eigenvalue weighted by atomic mass is 35.5. The summed E-state index contributed by atoms with van der Waals surface area (Å²) < 4.78 is 43.2. The second-order valence-corrected chi connectivity index (χ2v) is 4.68. The summed E-state index contributed by atoms with van der Waals surface area (Å²) in [5.74, 6) is 0.249. The van der Waals surface area contributed by atoms with Crippen LogP contribution in [0.5, 0.6) is 11.6 Å². The van der Waals surface area contributed by atoms with Crippen molar-refractivity contribution in [2.75, 3.05) is 7.05 Å². The highest BCUT2D eigenvalue weighted by molar-refractivity contribution is 6.31. The molecule has 0 atom stereocenters. The second-order valence-electron chi connectivity index (χ2n) is 4.27. The summed E-state index contributed by atoms with van der Waals surface area (Å²) in [5.41, 5.74) is -0.0273. The summed E-state index contributed by atoms with van der Waals surface area (Å²) in [6.45, 7) is 0.500. The minimum atomic E-state index is -4.41. The zero-order chi connectivity index (χ0) is 15.5. The molecule has 1 aromatic heterocycles. The van der Waals surface area contributed by atoms with E-state index in [-0.39, 0.29) is 11.6 Å². The quantitative estimate of drug-likeness (QED) is 0.915. The number of hydrogen-bond donors (Lipinski definition) is 1. The van der Waals surface area contributed by atoms with Gasteiger partial charge in [-0.2, -0.15) is 13.2 Å². The standard InChI is InChI=1S/C14H12ClF3N2O/c1-19-7-9-5-13(20-8-12(9)15)21-11-4-2-3-10(6-11)14(16,17)18/h2-6,8,19H,7H2,1H3. The predicted molar refractivity (Wildman–Crippen MR) is 73.5 cm³/mol. The van der Waals surface area contributed by atoms with Crippen LogP contribution in [0.3, 0.4) is 0 Å². The van der Waals surface area contributed by atoms with Crippen molar-refractivity contribution < 1.29 is 17.9 Å². The van der Waals surface area contributed by atoms with Gasteiger partial charge < -0.3 is 10.1 Å². The van der Waals surface area contributed by atoms with Gasteiger partial charge >= 0.3 is 6.18 Å². The van der Waals surface area contributed by atoms with Gasteiger partial charge in [-0.25, -0.2) is 4.98 Å². The molecule has 2 aromatic rings. The summed E-state index contributed by atoms with van der Waals surface area (Å²) in [6, 6.07) is 6.20. The molecule has 0 aliphatic carbocycles. The molecule has 112 valence electrons. The maximum Gasteiger partial charge on any atom is 0.416 e. The molecule has 0 bridgehead atoms. The Balaban J connectivity index is 2.24. The van der Waals surface area contributed by atoms with Crippen molar-refractivity contribution in [2.45, 2.75) is 12.7 Å². The average Bonchev–Trinajstić information content (AvgIpc) is 2.42. The molecule has 0 unspecified atom stereocenters. The second kappa shape index (κ2) is 6.32. The molecule has 2 rings (SSSR count). The van der Waals surface area contributed by atoms with E-state index >= 15 is 0 Å². The monoisotopic (exact) mass is 316 g/mol. The minimum Gasteiger partial charge on any atom is -0.439 e. The van der Waals surface area contributed by atoms with Crippen LogP contribution in [0.2, 0.25) is 5.02 Å². The summed E-state index contributed by atoms with van der Waals surface area (Å²) in [4.78, 5) is 3.95. The lowest BCUT2D eigenvalue weighted by Crippen LogP contribution is -2.06. The number of pyridine rings is 1. The van der Waals surface area contributed by atoms with Crippen LogP contribution in [0.15, 0.2) is 36.5 Å². The lowest BCUT2D eigenvalue weighted by Gasteiger charge is -2.10. The average molecular weight is 317 g/mol. The molecule has 0 fully saturated rings. The molecular formula is C14H12ClF3N2O. The number of hydrogen-bond acceptors (Lipinski definition) is 3. The lowest BCUT2D eigenvalue weighted by atomic mass is 10.2. The summed E-state index contributed by atoms with van der Waals surface area (Å²) >= 11 is 5.96. The van der Waals surface area contributed by atoms with Crippen molar-refractivity contribution >= 4 is 11.6 Å². The van der Waals surface area contributed by atoms with Crippen LogP contribution in [0.25, 0.3) is 0 Å². The molecule has 1 heterocycles. The Morgan fingerprint density at radius 2 is 2.05 bits per heavy atom. The fourth-order valence-electron chi connectivity index (χ4n) is 1.70. The Bertz CT molecular complexity index is 632. The summed E-state index contributed by atoms with van der Waals surface area (Å²) in [5, 5.41) is 3.39. The number of halogens is 4. The van der Waals surface area contributed by atoms with Gasteiger partial charge in [0.2, 0.25) is 5.88 Å². The third-order valence-electron chi connectivity index (χ3n) is 2.66. The van der Waals surface area contributed by atoms with Crippen molar-refractivity contribution in [1.29, 1.82) is 0 Å². The van der Waals surface area contributed by atoms with E-state index in [2.05, 4.69) is 10.3 Å². The maximum atomic E-state index is 12.6.